The molecule has 25 heavy (non-hydrogen) atoms. The lowest BCUT2D eigenvalue weighted by atomic mass is 10.1. The number of aryl methyl sites for hydroxylation is 1. The molecule has 0 spiro atoms. The summed E-state index contributed by atoms with van der Waals surface area (Å²) in [7, 11) is 2.24. The maximum atomic E-state index is 11.7. The number of carboxylic acids is 1. The van der Waals surface area contributed by atoms with Gasteiger partial charge in [0.15, 0.2) is 0 Å². The highest BCUT2D eigenvalue weighted by molar-refractivity contribution is 5.97. The number of hydrogen-bond acceptors (Lipinski definition) is 3. The highest BCUT2D eigenvalue weighted by Gasteiger charge is 2.35. The van der Waals surface area contributed by atoms with E-state index in [1.54, 1.807) is 0 Å². The van der Waals surface area contributed by atoms with E-state index < -0.39 is 5.97 Å². The van der Waals surface area contributed by atoms with Crippen LogP contribution >= 0.6 is 12.4 Å². The third kappa shape index (κ3) is 3.28. The highest BCUT2D eigenvalue weighted by Crippen LogP contribution is 2.31. The van der Waals surface area contributed by atoms with Gasteiger partial charge in [-0.15, -0.1) is 12.4 Å². The summed E-state index contributed by atoms with van der Waals surface area (Å²) in [6, 6.07) is 7.42. The lowest BCUT2D eigenvalue weighted by Crippen LogP contribution is -2.36. The molecule has 2 atom stereocenters. The second-order valence-corrected chi connectivity index (χ2v) is 7.41. The lowest BCUT2D eigenvalue weighted by molar-refractivity contribution is 0.0689. The van der Waals surface area contributed by atoms with Gasteiger partial charge in [0.2, 0.25) is 0 Å². The van der Waals surface area contributed by atoms with Gasteiger partial charge in [-0.2, -0.15) is 0 Å². The van der Waals surface area contributed by atoms with Crippen molar-refractivity contribution in [2.24, 2.45) is 0 Å². The number of aromatic nitrogens is 1. The number of aromatic carboxylic acids is 1. The Bertz CT molecular complexity index is 788. The van der Waals surface area contributed by atoms with Crippen LogP contribution in [0.4, 0.5) is 0 Å². The minimum Gasteiger partial charge on any atom is -0.477 e. The molecule has 0 radical (unpaired) electrons. The molecule has 2 bridgehead atoms. The number of fused-ring (bicyclic) bond motifs is 3. The van der Waals surface area contributed by atoms with Crippen LogP contribution in [0.1, 0.15) is 40.9 Å². The molecule has 0 saturated carbocycles. The van der Waals surface area contributed by atoms with E-state index in [9.17, 15) is 9.90 Å². The zero-order chi connectivity index (χ0) is 16.8. The van der Waals surface area contributed by atoms with E-state index in [0.717, 1.165) is 35.1 Å². The van der Waals surface area contributed by atoms with Crippen molar-refractivity contribution in [3.05, 3.63) is 35.0 Å². The van der Waals surface area contributed by atoms with Crippen molar-refractivity contribution in [2.75, 3.05) is 20.1 Å². The van der Waals surface area contributed by atoms with Crippen molar-refractivity contribution in [3.63, 3.8) is 0 Å². The van der Waals surface area contributed by atoms with Crippen LogP contribution in [0.3, 0.4) is 0 Å². The summed E-state index contributed by atoms with van der Waals surface area (Å²) in [4.78, 5) is 19.8. The minimum absolute atomic E-state index is 0. The standard InChI is InChI=1S/C19H25N3O2.ClH/c1-12-3-6-17-15(9-12)16(18(20-17)19(23)24)11-22-8-7-13-4-5-14(10-22)21(13)2;/h3,6,9,13-14,20H,4-5,7-8,10-11H2,1-2H3,(H,23,24);1H/t13-,14+;/m0./s1. The number of carboxylic acid groups (broad SMARTS) is 1. The van der Waals surface area contributed by atoms with Gasteiger partial charge in [0.05, 0.1) is 0 Å². The van der Waals surface area contributed by atoms with Crippen molar-refractivity contribution >= 4 is 29.3 Å². The number of rotatable bonds is 3. The quantitative estimate of drug-likeness (QED) is 0.878. The predicted octanol–water partition coefficient (Wildman–Crippen LogP) is 3.26. The van der Waals surface area contributed by atoms with Crippen molar-refractivity contribution in [1.29, 1.82) is 0 Å². The number of H-pyrrole nitrogens is 1. The fourth-order valence-electron chi connectivity index (χ4n) is 4.45. The molecule has 2 aliphatic rings. The Balaban J connectivity index is 0.00000182. The van der Waals surface area contributed by atoms with Crippen LogP contribution in [0.15, 0.2) is 18.2 Å². The third-order valence-corrected chi connectivity index (χ3v) is 5.89. The Morgan fingerprint density at radius 2 is 2.04 bits per heavy atom. The zero-order valence-electron chi connectivity index (χ0n) is 14.8. The molecule has 5 nitrogen and oxygen atoms in total. The number of benzene rings is 1. The molecule has 2 aliphatic heterocycles. The Morgan fingerprint density at radius 3 is 2.80 bits per heavy atom. The van der Waals surface area contributed by atoms with Crippen molar-refractivity contribution in [3.8, 4) is 0 Å². The fourth-order valence-corrected chi connectivity index (χ4v) is 4.45. The van der Waals surface area contributed by atoms with E-state index in [1.165, 1.54) is 19.3 Å². The number of nitrogens with zero attached hydrogens (tertiary/aromatic N) is 2. The molecule has 2 saturated heterocycles. The molecule has 136 valence electrons. The normalized spacial score (nSPS) is 24.2. The smallest absolute Gasteiger partial charge is 0.352 e. The van der Waals surface area contributed by atoms with Crippen LogP contribution in [0.25, 0.3) is 10.9 Å². The lowest BCUT2D eigenvalue weighted by Gasteiger charge is -2.25. The number of nitrogens with one attached hydrogen (secondary N) is 1. The molecule has 0 aliphatic carbocycles. The van der Waals surface area contributed by atoms with E-state index in [2.05, 4.69) is 34.8 Å². The van der Waals surface area contributed by atoms with Gasteiger partial charge < -0.3 is 10.1 Å². The molecular formula is C19H26ClN3O2. The van der Waals surface area contributed by atoms with Crippen molar-refractivity contribution in [1.82, 2.24) is 14.8 Å². The van der Waals surface area contributed by atoms with Gasteiger partial charge in [-0.1, -0.05) is 11.6 Å². The number of likely N-dealkylation sites (tertiary alicyclic amines) is 1. The third-order valence-electron chi connectivity index (χ3n) is 5.89. The Labute approximate surface area is 154 Å². The van der Waals surface area contributed by atoms with Gasteiger partial charge in [-0.05, 0) is 45.4 Å². The summed E-state index contributed by atoms with van der Waals surface area (Å²) in [5.41, 5.74) is 3.36. The number of halogens is 1. The van der Waals surface area contributed by atoms with Gasteiger partial charge in [0.1, 0.15) is 5.69 Å². The van der Waals surface area contributed by atoms with E-state index in [1.807, 2.05) is 12.1 Å². The van der Waals surface area contributed by atoms with Gasteiger partial charge in [-0.25, -0.2) is 4.79 Å². The van der Waals surface area contributed by atoms with Crippen LogP contribution in [0.2, 0.25) is 0 Å². The Morgan fingerprint density at radius 1 is 1.28 bits per heavy atom. The number of aromatic amines is 1. The monoisotopic (exact) mass is 363 g/mol. The summed E-state index contributed by atoms with van der Waals surface area (Å²) in [5, 5.41) is 10.7. The predicted molar refractivity (Wildman–Crippen MR) is 102 cm³/mol. The molecule has 2 aromatic rings. The van der Waals surface area contributed by atoms with Gasteiger partial charge in [0.25, 0.3) is 0 Å². The first kappa shape index (κ1) is 18.2. The first-order valence-electron chi connectivity index (χ1n) is 8.81. The summed E-state index contributed by atoms with van der Waals surface area (Å²) in [6.07, 6.45) is 3.74. The summed E-state index contributed by atoms with van der Waals surface area (Å²) < 4.78 is 0. The summed E-state index contributed by atoms with van der Waals surface area (Å²) >= 11 is 0. The number of hydrogen-bond donors (Lipinski definition) is 2. The Kier molecular flexibility index (Phi) is 5.09. The topological polar surface area (TPSA) is 59.6 Å². The first-order valence-corrected chi connectivity index (χ1v) is 8.81. The van der Waals surface area contributed by atoms with Crippen LogP contribution in [0.5, 0.6) is 0 Å². The second kappa shape index (κ2) is 6.98. The average molecular weight is 364 g/mol. The molecule has 4 rings (SSSR count). The van der Waals surface area contributed by atoms with Crippen LogP contribution in [0, 0.1) is 6.92 Å². The van der Waals surface area contributed by atoms with Crippen molar-refractivity contribution in [2.45, 2.75) is 44.8 Å². The molecule has 1 aromatic carbocycles. The molecule has 0 amide bonds. The number of carbonyl (C=O) groups is 1. The molecule has 1 aromatic heterocycles. The van der Waals surface area contributed by atoms with E-state index in [0.29, 0.717) is 24.3 Å². The van der Waals surface area contributed by atoms with Gasteiger partial charge in [-0.3, -0.25) is 9.80 Å². The molecule has 0 unspecified atom stereocenters. The van der Waals surface area contributed by atoms with E-state index in [-0.39, 0.29) is 12.4 Å². The average Bonchev–Trinajstić information content (AvgIpc) is 3.00. The zero-order valence-corrected chi connectivity index (χ0v) is 15.6. The second-order valence-electron chi connectivity index (χ2n) is 7.41. The summed E-state index contributed by atoms with van der Waals surface area (Å²) in [6.45, 7) is 4.84. The van der Waals surface area contributed by atoms with Crippen LogP contribution < -0.4 is 0 Å². The first-order chi connectivity index (χ1) is 11.5. The summed E-state index contributed by atoms with van der Waals surface area (Å²) in [5.74, 6) is -0.868. The fraction of sp³-hybridized carbons (Fsp3) is 0.526. The minimum atomic E-state index is -0.868. The maximum absolute atomic E-state index is 11.7. The highest BCUT2D eigenvalue weighted by atomic mass is 35.5. The molecule has 3 heterocycles. The molecular weight excluding hydrogens is 338 g/mol. The number of likely N-dealkylation sites (N-methyl/N-ethyl adjacent to an activating group) is 1. The van der Waals surface area contributed by atoms with Gasteiger partial charge in [0, 0.05) is 48.2 Å². The van der Waals surface area contributed by atoms with Crippen molar-refractivity contribution < 1.29 is 9.90 Å². The molecule has 6 heteroatoms. The van der Waals surface area contributed by atoms with Crippen LogP contribution in [-0.4, -0.2) is 58.1 Å². The van der Waals surface area contributed by atoms with E-state index in [4.69, 9.17) is 0 Å². The van der Waals surface area contributed by atoms with Crippen LogP contribution in [-0.2, 0) is 6.54 Å². The maximum Gasteiger partial charge on any atom is 0.352 e. The Hall–Kier alpha value is -1.56. The molecule has 2 N–H and O–H groups in total. The molecule has 2 fully saturated rings. The SMILES string of the molecule is Cc1ccc2[nH]c(C(=O)O)c(CN3CC[C@@H]4CC[C@H](C3)N4C)c2c1.Cl. The van der Waals surface area contributed by atoms with E-state index >= 15 is 0 Å². The van der Waals surface area contributed by atoms with Gasteiger partial charge >= 0.3 is 5.97 Å². The largest absolute Gasteiger partial charge is 0.477 e.